The third-order valence-electron chi connectivity index (χ3n) is 4.57. The van der Waals surface area contributed by atoms with Crippen molar-refractivity contribution >= 4 is 60.5 Å². The quantitative estimate of drug-likeness (QED) is 0.391. The number of amides is 1. The largest absolute Gasteiger partial charge is 0.325 e. The van der Waals surface area contributed by atoms with Crippen LogP contribution < -0.4 is 10.0 Å². The summed E-state index contributed by atoms with van der Waals surface area (Å²) in [5.74, 6) is -0.292. The van der Waals surface area contributed by atoms with E-state index in [9.17, 15) is 13.2 Å². The predicted molar refractivity (Wildman–Crippen MR) is 126 cm³/mol. The number of aryl methyl sites for hydroxylation is 1. The Kier molecular flexibility index (Phi) is 5.70. The van der Waals surface area contributed by atoms with E-state index in [-0.39, 0.29) is 15.8 Å². The molecule has 158 valence electrons. The van der Waals surface area contributed by atoms with Gasteiger partial charge >= 0.3 is 0 Å². The summed E-state index contributed by atoms with van der Waals surface area (Å²) in [5.41, 5.74) is 3.44. The van der Waals surface area contributed by atoms with Crippen LogP contribution in [0.1, 0.15) is 12.5 Å². The molecule has 9 heteroatoms. The average Bonchev–Trinajstić information content (AvgIpc) is 3.15. The van der Waals surface area contributed by atoms with Crippen molar-refractivity contribution in [3.63, 3.8) is 0 Å². The van der Waals surface area contributed by atoms with Gasteiger partial charge in [-0.25, -0.2) is 13.4 Å². The number of sulfonamides is 1. The number of nitrogens with zero attached hydrogens (tertiary/aromatic N) is 1. The molecule has 3 aromatic carbocycles. The Bertz CT molecular complexity index is 1380. The Morgan fingerprint density at radius 3 is 2.45 bits per heavy atom. The zero-order valence-electron chi connectivity index (χ0n) is 16.6. The second-order valence-electron chi connectivity index (χ2n) is 6.94. The number of fused-ring (bicyclic) bond motifs is 1. The van der Waals surface area contributed by atoms with Crippen LogP contribution in [0.4, 0.5) is 11.4 Å². The van der Waals surface area contributed by atoms with Gasteiger partial charge in [0.15, 0.2) is 0 Å². The number of hydrogen-bond acceptors (Lipinski definition) is 5. The van der Waals surface area contributed by atoms with Gasteiger partial charge in [0.25, 0.3) is 10.0 Å². The molecule has 0 fully saturated rings. The fraction of sp³-hybridized carbons (Fsp3) is 0.0909. The Labute approximate surface area is 189 Å². The maximum absolute atomic E-state index is 12.8. The SMILES string of the molecule is CC(=O)Nc1ccc(S(=O)(=O)Nc2ccc(-c3nc4ccccc4s3)cc2C)cc1Cl. The molecule has 2 N–H and O–H groups in total. The van der Waals surface area contributed by atoms with Crippen LogP contribution >= 0.6 is 22.9 Å². The maximum Gasteiger partial charge on any atom is 0.261 e. The smallest absolute Gasteiger partial charge is 0.261 e. The normalized spacial score (nSPS) is 11.5. The number of hydrogen-bond donors (Lipinski definition) is 2. The van der Waals surface area contributed by atoms with E-state index in [0.717, 1.165) is 26.4 Å². The number of benzene rings is 3. The van der Waals surface area contributed by atoms with E-state index in [0.29, 0.717) is 11.4 Å². The third-order valence-corrected chi connectivity index (χ3v) is 7.33. The highest BCUT2D eigenvalue weighted by atomic mass is 35.5. The maximum atomic E-state index is 12.8. The topological polar surface area (TPSA) is 88.2 Å². The minimum Gasteiger partial charge on any atom is -0.325 e. The number of rotatable bonds is 5. The van der Waals surface area contributed by atoms with Crippen LogP contribution in [0.2, 0.25) is 5.02 Å². The molecule has 0 spiro atoms. The second kappa shape index (κ2) is 8.30. The summed E-state index contributed by atoms with van der Waals surface area (Å²) in [4.78, 5) is 15.9. The van der Waals surface area contributed by atoms with Crippen LogP contribution in [-0.2, 0) is 14.8 Å². The molecule has 4 rings (SSSR count). The van der Waals surface area contributed by atoms with Gasteiger partial charge in [-0.05, 0) is 61.0 Å². The van der Waals surface area contributed by atoms with Crippen LogP contribution in [0.15, 0.2) is 65.6 Å². The van der Waals surface area contributed by atoms with Gasteiger partial charge in [-0.2, -0.15) is 0 Å². The van der Waals surface area contributed by atoms with Gasteiger partial charge in [0.1, 0.15) is 5.01 Å². The first-order valence-corrected chi connectivity index (χ1v) is 12.0. The lowest BCUT2D eigenvalue weighted by molar-refractivity contribution is -0.114. The van der Waals surface area contributed by atoms with Crippen molar-refractivity contribution in [1.29, 1.82) is 0 Å². The highest BCUT2D eigenvalue weighted by Gasteiger charge is 2.18. The summed E-state index contributed by atoms with van der Waals surface area (Å²) in [6, 6.07) is 17.5. The molecule has 1 aromatic heterocycles. The highest BCUT2D eigenvalue weighted by Crippen LogP contribution is 2.33. The molecule has 0 aliphatic heterocycles. The molecule has 0 aliphatic rings. The molecular weight excluding hydrogens is 454 g/mol. The summed E-state index contributed by atoms with van der Waals surface area (Å²) < 4.78 is 29.4. The Morgan fingerprint density at radius 1 is 1.03 bits per heavy atom. The molecule has 4 aromatic rings. The van der Waals surface area contributed by atoms with Crippen molar-refractivity contribution in [2.45, 2.75) is 18.7 Å². The number of nitrogens with one attached hydrogen (secondary N) is 2. The second-order valence-corrected chi connectivity index (χ2v) is 10.1. The summed E-state index contributed by atoms with van der Waals surface area (Å²) >= 11 is 7.71. The Hall–Kier alpha value is -2.94. The van der Waals surface area contributed by atoms with Crippen LogP contribution in [0.25, 0.3) is 20.8 Å². The number of halogens is 1. The molecular formula is C22H18ClN3O3S2. The molecule has 31 heavy (non-hydrogen) atoms. The zero-order chi connectivity index (χ0) is 22.2. The van der Waals surface area contributed by atoms with E-state index in [1.54, 1.807) is 17.4 Å². The Morgan fingerprint density at radius 2 is 1.77 bits per heavy atom. The van der Waals surface area contributed by atoms with Crippen LogP contribution in [0, 0.1) is 6.92 Å². The lowest BCUT2D eigenvalue weighted by atomic mass is 10.1. The van der Waals surface area contributed by atoms with Crippen molar-refractivity contribution in [2.24, 2.45) is 0 Å². The van der Waals surface area contributed by atoms with Gasteiger partial charge in [0, 0.05) is 12.5 Å². The number of carbonyl (C=O) groups excluding carboxylic acids is 1. The van der Waals surface area contributed by atoms with E-state index in [2.05, 4.69) is 15.0 Å². The fourth-order valence-corrected chi connectivity index (χ4v) is 5.48. The number of carbonyl (C=O) groups is 1. The lowest BCUT2D eigenvalue weighted by Gasteiger charge is -2.13. The molecule has 1 amide bonds. The standard InChI is InChI=1S/C22H18ClN3O3S2/c1-13-11-15(22-25-20-5-3-4-6-21(20)30-22)7-9-18(13)26-31(28,29)16-8-10-19(17(23)12-16)24-14(2)27/h3-12,26H,1-2H3,(H,24,27). The van der Waals surface area contributed by atoms with Crippen LogP contribution in [0.5, 0.6) is 0 Å². The van der Waals surface area contributed by atoms with E-state index in [4.69, 9.17) is 11.6 Å². The van der Waals surface area contributed by atoms with E-state index in [1.807, 2.05) is 43.3 Å². The van der Waals surface area contributed by atoms with E-state index in [1.165, 1.54) is 25.1 Å². The van der Waals surface area contributed by atoms with Gasteiger partial charge in [0.2, 0.25) is 5.91 Å². The average molecular weight is 472 g/mol. The molecule has 0 saturated heterocycles. The van der Waals surface area contributed by atoms with Crippen molar-refractivity contribution < 1.29 is 13.2 Å². The first-order chi connectivity index (χ1) is 14.7. The first kappa shape index (κ1) is 21.3. The zero-order valence-corrected chi connectivity index (χ0v) is 19.0. The monoisotopic (exact) mass is 471 g/mol. The fourth-order valence-electron chi connectivity index (χ4n) is 3.06. The number of anilines is 2. The van der Waals surface area contributed by atoms with Crippen molar-refractivity contribution in [3.8, 4) is 10.6 Å². The highest BCUT2D eigenvalue weighted by molar-refractivity contribution is 7.92. The van der Waals surface area contributed by atoms with Crippen LogP contribution in [0.3, 0.4) is 0 Å². The van der Waals surface area contributed by atoms with E-state index < -0.39 is 10.0 Å². The van der Waals surface area contributed by atoms with Gasteiger partial charge in [0.05, 0.1) is 31.5 Å². The summed E-state index contributed by atoms with van der Waals surface area (Å²) in [6.45, 7) is 3.19. The molecule has 6 nitrogen and oxygen atoms in total. The van der Waals surface area contributed by atoms with E-state index >= 15 is 0 Å². The molecule has 1 heterocycles. The van der Waals surface area contributed by atoms with Gasteiger partial charge in [-0.1, -0.05) is 23.7 Å². The number of aromatic nitrogens is 1. The molecule has 0 atom stereocenters. The van der Waals surface area contributed by atoms with Gasteiger partial charge < -0.3 is 5.32 Å². The van der Waals surface area contributed by atoms with Crippen molar-refractivity contribution in [1.82, 2.24) is 4.98 Å². The number of thiazole rings is 1. The Balaban J connectivity index is 1.60. The molecule has 0 radical (unpaired) electrons. The third kappa shape index (κ3) is 4.56. The summed E-state index contributed by atoms with van der Waals surface area (Å²) in [5, 5.41) is 3.56. The minimum atomic E-state index is -3.86. The van der Waals surface area contributed by atoms with Gasteiger partial charge in [-0.15, -0.1) is 11.3 Å². The summed E-state index contributed by atoms with van der Waals surface area (Å²) in [6.07, 6.45) is 0. The molecule has 0 aliphatic carbocycles. The molecule has 0 saturated carbocycles. The molecule has 0 unspecified atom stereocenters. The van der Waals surface area contributed by atoms with Crippen molar-refractivity contribution in [2.75, 3.05) is 10.0 Å². The summed E-state index contributed by atoms with van der Waals surface area (Å²) in [7, 11) is -3.86. The van der Waals surface area contributed by atoms with Gasteiger partial charge in [-0.3, -0.25) is 9.52 Å². The minimum absolute atomic E-state index is 0.00116. The lowest BCUT2D eigenvalue weighted by Crippen LogP contribution is -2.14. The molecule has 0 bridgehead atoms. The van der Waals surface area contributed by atoms with Crippen LogP contribution in [-0.4, -0.2) is 19.3 Å². The number of para-hydroxylation sites is 1. The van der Waals surface area contributed by atoms with Crippen molar-refractivity contribution in [3.05, 3.63) is 71.2 Å². The first-order valence-electron chi connectivity index (χ1n) is 9.29. The predicted octanol–water partition coefficient (Wildman–Crippen LogP) is 5.68.